The minimum Gasteiger partial charge on any atom is -0.211 e. The van der Waals surface area contributed by atoms with E-state index in [-0.39, 0.29) is 0 Å². The second kappa shape index (κ2) is 4.56. The Kier molecular flexibility index (Phi) is 2.93. The maximum atomic E-state index is 3.26. The van der Waals surface area contributed by atoms with Crippen molar-refractivity contribution < 1.29 is 4.99 Å². The minimum absolute atomic E-state index is 1.12. The van der Waals surface area contributed by atoms with Crippen molar-refractivity contribution in [3.05, 3.63) is 65.7 Å². The zero-order valence-electron chi connectivity index (χ0n) is 8.77. The average Bonchev–Trinajstić information content (AvgIpc) is 2.30. The maximum absolute atomic E-state index is 3.26. The molecule has 2 aromatic carbocycles. The van der Waals surface area contributed by atoms with Gasteiger partial charge < -0.3 is 0 Å². The van der Waals surface area contributed by atoms with Crippen molar-refractivity contribution in [3.63, 3.8) is 0 Å². The lowest BCUT2D eigenvalue weighted by molar-refractivity contribution is -0.346. The summed E-state index contributed by atoms with van der Waals surface area (Å²) in [7, 11) is 0. The molecule has 15 heavy (non-hydrogen) atoms. The van der Waals surface area contributed by atoms with Crippen LogP contribution in [0.25, 0.3) is 0 Å². The fourth-order valence-corrected chi connectivity index (χ4v) is 1.37. The Morgan fingerprint density at radius 3 is 2.20 bits per heavy atom. The van der Waals surface area contributed by atoms with Crippen LogP contribution in [-0.2, 0) is 0 Å². The van der Waals surface area contributed by atoms with Crippen molar-refractivity contribution in [2.24, 2.45) is 0 Å². The molecule has 0 aliphatic rings. The van der Waals surface area contributed by atoms with Gasteiger partial charge in [-0.2, -0.15) is 0 Å². The van der Waals surface area contributed by atoms with Gasteiger partial charge in [0.1, 0.15) is 0 Å². The van der Waals surface area contributed by atoms with Gasteiger partial charge in [-0.3, -0.25) is 0 Å². The molecule has 1 N–H and O–H groups in total. The predicted molar refractivity (Wildman–Crippen MR) is 63.4 cm³/mol. The second-order valence-electron chi connectivity index (χ2n) is 3.57. The van der Waals surface area contributed by atoms with E-state index in [1.807, 2.05) is 24.4 Å². The molecule has 0 atom stereocenters. The first-order chi connectivity index (χ1) is 7.34. The minimum atomic E-state index is 1.12. The van der Waals surface area contributed by atoms with Crippen LogP contribution in [0.3, 0.4) is 0 Å². The molecule has 0 heterocycles. The van der Waals surface area contributed by atoms with Gasteiger partial charge in [0, 0.05) is 17.7 Å². The number of rotatable bonds is 2. The van der Waals surface area contributed by atoms with Crippen LogP contribution >= 0.6 is 0 Å². The maximum Gasteiger partial charge on any atom is 0.203 e. The van der Waals surface area contributed by atoms with E-state index in [2.05, 4.69) is 48.3 Å². The van der Waals surface area contributed by atoms with E-state index in [4.69, 9.17) is 0 Å². The zero-order chi connectivity index (χ0) is 10.5. The zero-order valence-corrected chi connectivity index (χ0v) is 8.77. The van der Waals surface area contributed by atoms with Crippen LogP contribution in [0.15, 0.2) is 54.6 Å². The third kappa shape index (κ3) is 2.78. The summed E-state index contributed by atoms with van der Waals surface area (Å²) in [6, 6.07) is 18.6. The van der Waals surface area contributed by atoms with Gasteiger partial charge in [-0.15, -0.1) is 0 Å². The standard InChI is InChI=1S/C14H13N/c1-12-7-9-14(10-8-12)15-11-13-5-3-2-4-6-13/h2-11H,1H3/p+1. The Morgan fingerprint density at radius 2 is 1.53 bits per heavy atom. The van der Waals surface area contributed by atoms with Crippen LogP contribution < -0.4 is 4.99 Å². The smallest absolute Gasteiger partial charge is 0.203 e. The summed E-state index contributed by atoms with van der Waals surface area (Å²) < 4.78 is 0. The number of hydrogen-bond donors (Lipinski definition) is 1. The number of aryl methyl sites for hydroxylation is 1. The van der Waals surface area contributed by atoms with E-state index >= 15 is 0 Å². The summed E-state index contributed by atoms with van der Waals surface area (Å²) in [4.78, 5) is 3.26. The van der Waals surface area contributed by atoms with Gasteiger partial charge in [0.05, 0.1) is 0 Å². The predicted octanol–water partition coefficient (Wildman–Crippen LogP) is 1.83. The van der Waals surface area contributed by atoms with E-state index in [0.717, 1.165) is 5.69 Å². The Hall–Kier alpha value is -1.89. The summed E-state index contributed by atoms with van der Waals surface area (Å²) in [5, 5.41) is 0. The molecular formula is C14H14N+. The average molecular weight is 196 g/mol. The summed E-state index contributed by atoms with van der Waals surface area (Å²) in [5.41, 5.74) is 3.57. The number of benzene rings is 2. The van der Waals surface area contributed by atoms with Crippen molar-refractivity contribution >= 4 is 11.9 Å². The highest BCUT2D eigenvalue weighted by atomic mass is 14.7. The normalized spacial score (nSPS) is 10.7. The van der Waals surface area contributed by atoms with Crippen molar-refractivity contribution in [1.29, 1.82) is 0 Å². The molecule has 0 aromatic heterocycles. The monoisotopic (exact) mass is 196 g/mol. The van der Waals surface area contributed by atoms with E-state index in [0.29, 0.717) is 0 Å². The van der Waals surface area contributed by atoms with Crippen molar-refractivity contribution in [2.75, 3.05) is 0 Å². The Balaban J connectivity index is 2.15. The van der Waals surface area contributed by atoms with Crippen LogP contribution in [0.2, 0.25) is 0 Å². The van der Waals surface area contributed by atoms with E-state index in [1.165, 1.54) is 11.1 Å². The van der Waals surface area contributed by atoms with Crippen molar-refractivity contribution in [1.82, 2.24) is 0 Å². The largest absolute Gasteiger partial charge is 0.211 e. The van der Waals surface area contributed by atoms with Crippen LogP contribution in [0.1, 0.15) is 11.1 Å². The molecule has 0 aliphatic carbocycles. The van der Waals surface area contributed by atoms with Gasteiger partial charge >= 0.3 is 0 Å². The number of hydrogen-bond acceptors (Lipinski definition) is 0. The Morgan fingerprint density at radius 1 is 0.867 bits per heavy atom. The quantitative estimate of drug-likeness (QED) is 0.704. The van der Waals surface area contributed by atoms with Crippen LogP contribution in [0.4, 0.5) is 5.69 Å². The molecule has 0 spiro atoms. The molecule has 2 rings (SSSR count). The second-order valence-corrected chi connectivity index (χ2v) is 3.57. The van der Waals surface area contributed by atoms with Gasteiger partial charge in [-0.1, -0.05) is 35.9 Å². The molecular weight excluding hydrogens is 182 g/mol. The van der Waals surface area contributed by atoms with Gasteiger partial charge in [0.25, 0.3) is 0 Å². The fraction of sp³-hybridized carbons (Fsp3) is 0.0714. The lowest BCUT2D eigenvalue weighted by Gasteiger charge is -1.89. The molecule has 1 nitrogen and oxygen atoms in total. The first-order valence-corrected chi connectivity index (χ1v) is 5.06. The molecule has 0 saturated heterocycles. The van der Waals surface area contributed by atoms with E-state index < -0.39 is 0 Å². The van der Waals surface area contributed by atoms with Crippen LogP contribution in [0, 0.1) is 6.92 Å². The SMILES string of the molecule is Cc1ccc([NH+]=Cc2ccccc2)cc1. The van der Waals surface area contributed by atoms with Gasteiger partial charge in [-0.05, 0) is 19.1 Å². The highest BCUT2D eigenvalue weighted by Gasteiger charge is 1.93. The molecule has 0 radical (unpaired) electrons. The van der Waals surface area contributed by atoms with Gasteiger partial charge in [0.15, 0.2) is 6.21 Å². The first kappa shape index (κ1) is 9.66. The third-order valence-corrected chi connectivity index (χ3v) is 2.26. The summed E-state index contributed by atoms with van der Waals surface area (Å²) in [6.07, 6.45) is 2.00. The van der Waals surface area contributed by atoms with Crippen molar-refractivity contribution in [3.8, 4) is 0 Å². The highest BCUT2D eigenvalue weighted by Crippen LogP contribution is 2.01. The van der Waals surface area contributed by atoms with Crippen LogP contribution in [0.5, 0.6) is 0 Å². The molecule has 0 fully saturated rings. The lowest BCUT2D eigenvalue weighted by Crippen LogP contribution is -2.61. The molecule has 0 amide bonds. The molecule has 74 valence electrons. The van der Waals surface area contributed by atoms with Gasteiger partial charge in [-0.25, -0.2) is 4.99 Å². The topological polar surface area (TPSA) is 14.0 Å². The summed E-state index contributed by atoms with van der Waals surface area (Å²) >= 11 is 0. The fourth-order valence-electron chi connectivity index (χ4n) is 1.37. The molecule has 1 heteroatoms. The summed E-state index contributed by atoms with van der Waals surface area (Å²) in [5.74, 6) is 0. The van der Waals surface area contributed by atoms with Crippen LogP contribution in [-0.4, -0.2) is 6.21 Å². The molecule has 0 unspecified atom stereocenters. The van der Waals surface area contributed by atoms with Crippen molar-refractivity contribution in [2.45, 2.75) is 6.92 Å². The number of nitrogens with one attached hydrogen (secondary N) is 1. The Labute approximate surface area is 90.1 Å². The Bertz CT molecular complexity index is 441. The van der Waals surface area contributed by atoms with Gasteiger partial charge in [0.2, 0.25) is 5.69 Å². The molecule has 0 bridgehead atoms. The summed E-state index contributed by atoms with van der Waals surface area (Å²) in [6.45, 7) is 2.09. The molecule has 0 saturated carbocycles. The first-order valence-electron chi connectivity index (χ1n) is 5.06. The van der Waals surface area contributed by atoms with E-state index in [1.54, 1.807) is 0 Å². The third-order valence-electron chi connectivity index (χ3n) is 2.26. The molecule has 0 aliphatic heterocycles. The highest BCUT2D eigenvalue weighted by molar-refractivity contribution is 5.75. The van der Waals surface area contributed by atoms with E-state index in [9.17, 15) is 0 Å². The lowest BCUT2D eigenvalue weighted by atomic mass is 10.2. The molecule has 2 aromatic rings.